The van der Waals surface area contributed by atoms with E-state index in [0.29, 0.717) is 6.54 Å². The van der Waals surface area contributed by atoms with Crippen molar-refractivity contribution in [1.82, 2.24) is 4.90 Å². The molecule has 0 aromatic heterocycles. The third-order valence-corrected chi connectivity index (χ3v) is 2.26. The molecule has 0 spiro atoms. The van der Waals surface area contributed by atoms with Crippen LogP contribution in [0.1, 0.15) is 27.7 Å². The summed E-state index contributed by atoms with van der Waals surface area (Å²) in [5, 5.41) is 9.23. The number of alkyl halides is 3. The molecule has 1 unspecified atom stereocenters. The van der Waals surface area contributed by atoms with Crippen molar-refractivity contribution in [2.24, 2.45) is 0 Å². The molecule has 0 aliphatic heterocycles. The van der Waals surface area contributed by atoms with Crippen molar-refractivity contribution in [2.75, 3.05) is 13.1 Å². The fourth-order valence-corrected chi connectivity index (χ4v) is 1.14. The number of hydrogen-bond donors (Lipinski definition) is 1. The zero-order valence-electron chi connectivity index (χ0n) is 9.34. The van der Waals surface area contributed by atoms with Crippen LogP contribution in [0.2, 0.25) is 0 Å². The molecule has 1 atom stereocenters. The number of nitrogens with zero attached hydrogens (tertiary/aromatic N) is 1. The molecule has 0 radical (unpaired) electrons. The van der Waals surface area contributed by atoms with Gasteiger partial charge in [0.05, 0.1) is 0 Å². The van der Waals surface area contributed by atoms with Crippen LogP contribution in [-0.2, 0) is 16.5 Å². The number of rotatable bonds is 4. The normalized spacial score (nSPS) is 16.4. The van der Waals surface area contributed by atoms with Crippen molar-refractivity contribution in [3.05, 3.63) is 0 Å². The van der Waals surface area contributed by atoms with E-state index in [-0.39, 0.29) is 29.1 Å². The molecule has 0 aliphatic rings. The standard InChI is InChI=1S/C9H18F3NO.Ni/c1-5-13(7(2)3)6-8(4,14)9(10,11)12;/h7,14H,5-6H2,1-4H3;. The van der Waals surface area contributed by atoms with Gasteiger partial charge in [0.25, 0.3) is 0 Å². The topological polar surface area (TPSA) is 23.5 Å². The molecule has 96 valence electrons. The van der Waals surface area contributed by atoms with E-state index in [2.05, 4.69) is 0 Å². The third kappa shape index (κ3) is 5.18. The van der Waals surface area contributed by atoms with Gasteiger partial charge in [-0.1, -0.05) is 6.92 Å². The van der Waals surface area contributed by atoms with Gasteiger partial charge >= 0.3 is 6.18 Å². The molecular weight excluding hydrogens is 254 g/mol. The predicted octanol–water partition coefficient (Wildman–Crippen LogP) is 2.03. The first-order chi connectivity index (χ1) is 6.12. The van der Waals surface area contributed by atoms with Crippen LogP contribution < -0.4 is 0 Å². The molecule has 15 heavy (non-hydrogen) atoms. The summed E-state index contributed by atoms with van der Waals surface area (Å²) in [5.41, 5.74) is -2.63. The van der Waals surface area contributed by atoms with Crippen molar-refractivity contribution in [2.45, 2.75) is 45.5 Å². The number of aliphatic hydroxyl groups is 1. The Morgan fingerprint density at radius 1 is 1.27 bits per heavy atom. The molecule has 0 saturated heterocycles. The van der Waals surface area contributed by atoms with Crippen LogP contribution in [0.15, 0.2) is 0 Å². The van der Waals surface area contributed by atoms with Crippen LogP contribution in [0.4, 0.5) is 13.2 Å². The molecule has 0 amide bonds. The number of likely N-dealkylation sites (N-methyl/N-ethyl adjacent to an activating group) is 1. The average molecular weight is 272 g/mol. The third-order valence-electron chi connectivity index (χ3n) is 2.26. The molecule has 0 heterocycles. The van der Waals surface area contributed by atoms with Gasteiger partial charge in [-0.15, -0.1) is 0 Å². The predicted molar refractivity (Wildman–Crippen MR) is 49.1 cm³/mol. The van der Waals surface area contributed by atoms with E-state index >= 15 is 0 Å². The summed E-state index contributed by atoms with van der Waals surface area (Å²) < 4.78 is 37.0. The van der Waals surface area contributed by atoms with E-state index in [4.69, 9.17) is 0 Å². The van der Waals surface area contributed by atoms with Crippen LogP contribution in [0.25, 0.3) is 0 Å². The van der Waals surface area contributed by atoms with Gasteiger partial charge in [-0.2, -0.15) is 13.2 Å². The summed E-state index contributed by atoms with van der Waals surface area (Å²) in [6, 6.07) is -0.00572. The fraction of sp³-hybridized carbons (Fsp3) is 1.00. The molecule has 0 rings (SSSR count). The molecular formula is C9H18F3NNiO. The van der Waals surface area contributed by atoms with Gasteiger partial charge in [-0.3, -0.25) is 4.90 Å². The molecule has 0 aromatic carbocycles. The Morgan fingerprint density at radius 2 is 1.67 bits per heavy atom. The molecule has 1 N–H and O–H groups in total. The molecule has 0 aliphatic carbocycles. The summed E-state index contributed by atoms with van der Waals surface area (Å²) in [6.45, 7) is 6.28. The summed E-state index contributed by atoms with van der Waals surface area (Å²) in [4.78, 5) is 1.58. The monoisotopic (exact) mass is 271 g/mol. The Kier molecular flexibility index (Phi) is 7.12. The van der Waals surface area contributed by atoms with Gasteiger partial charge < -0.3 is 5.11 Å². The zero-order valence-corrected chi connectivity index (χ0v) is 10.3. The first kappa shape index (κ1) is 17.6. The van der Waals surface area contributed by atoms with Gasteiger partial charge in [0.15, 0.2) is 5.60 Å². The smallest absolute Gasteiger partial charge is 0.380 e. The minimum atomic E-state index is -4.57. The summed E-state index contributed by atoms with van der Waals surface area (Å²) in [5.74, 6) is 0. The van der Waals surface area contributed by atoms with Crippen molar-refractivity contribution in [3.8, 4) is 0 Å². The van der Waals surface area contributed by atoms with Gasteiger partial charge in [0.2, 0.25) is 0 Å². The molecule has 0 aromatic rings. The van der Waals surface area contributed by atoms with Crippen LogP contribution >= 0.6 is 0 Å². The Balaban J connectivity index is 0. The minimum absolute atomic E-state index is 0. The van der Waals surface area contributed by atoms with Crippen molar-refractivity contribution in [3.63, 3.8) is 0 Å². The molecule has 0 bridgehead atoms. The molecule has 0 fully saturated rings. The maximum absolute atomic E-state index is 12.3. The largest absolute Gasteiger partial charge is 0.418 e. The number of halogens is 3. The van der Waals surface area contributed by atoms with Gasteiger partial charge in [-0.05, 0) is 27.3 Å². The van der Waals surface area contributed by atoms with E-state index in [0.717, 1.165) is 6.92 Å². The average Bonchev–Trinajstić information content (AvgIpc) is 1.97. The summed E-state index contributed by atoms with van der Waals surface area (Å²) in [6.07, 6.45) is -4.57. The SMILES string of the molecule is CCN(CC(C)(O)C(F)(F)F)C(C)C.[Ni]. The van der Waals surface area contributed by atoms with E-state index < -0.39 is 11.8 Å². The molecule has 6 heteroatoms. The van der Waals surface area contributed by atoms with Gasteiger partial charge in [-0.25, -0.2) is 0 Å². The van der Waals surface area contributed by atoms with Crippen molar-refractivity contribution < 1.29 is 34.8 Å². The van der Waals surface area contributed by atoms with E-state index in [1.807, 2.05) is 0 Å². The second kappa shape index (κ2) is 6.07. The first-order valence-electron chi connectivity index (χ1n) is 4.65. The van der Waals surface area contributed by atoms with Crippen LogP contribution in [0.3, 0.4) is 0 Å². The minimum Gasteiger partial charge on any atom is -0.380 e. The quantitative estimate of drug-likeness (QED) is 0.791. The van der Waals surface area contributed by atoms with Crippen LogP contribution in [-0.4, -0.2) is 40.9 Å². The summed E-state index contributed by atoms with van der Waals surface area (Å²) >= 11 is 0. The van der Waals surface area contributed by atoms with E-state index in [9.17, 15) is 18.3 Å². The second-order valence-corrected chi connectivity index (χ2v) is 3.93. The van der Waals surface area contributed by atoms with Crippen molar-refractivity contribution >= 4 is 0 Å². The molecule has 0 saturated carbocycles. The van der Waals surface area contributed by atoms with E-state index in [1.165, 1.54) is 0 Å². The first-order valence-corrected chi connectivity index (χ1v) is 4.65. The van der Waals surface area contributed by atoms with Gasteiger partial charge in [0, 0.05) is 29.1 Å². The van der Waals surface area contributed by atoms with Gasteiger partial charge in [0.1, 0.15) is 0 Å². The maximum Gasteiger partial charge on any atom is 0.418 e. The zero-order chi connectivity index (χ0) is 11.6. The Bertz CT molecular complexity index is 183. The second-order valence-electron chi connectivity index (χ2n) is 3.93. The van der Waals surface area contributed by atoms with Crippen LogP contribution in [0.5, 0.6) is 0 Å². The Hall–Kier alpha value is 0.204. The Morgan fingerprint density at radius 3 is 1.87 bits per heavy atom. The number of hydrogen-bond acceptors (Lipinski definition) is 2. The Labute approximate surface area is 98.8 Å². The van der Waals surface area contributed by atoms with Crippen LogP contribution in [0, 0.1) is 0 Å². The van der Waals surface area contributed by atoms with Crippen molar-refractivity contribution in [1.29, 1.82) is 0 Å². The molecule has 2 nitrogen and oxygen atoms in total. The fourth-order valence-electron chi connectivity index (χ4n) is 1.14. The maximum atomic E-state index is 12.3. The summed E-state index contributed by atoms with van der Waals surface area (Å²) in [7, 11) is 0. The van der Waals surface area contributed by atoms with E-state index in [1.54, 1.807) is 25.7 Å².